The molecule has 0 aliphatic heterocycles. The van der Waals surface area contributed by atoms with Crippen molar-refractivity contribution in [3.8, 4) is 0 Å². The molecule has 0 saturated heterocycles. The van der Waals surface area contributed by atoms with Gasteiger partial charge in [-0.15, -0.1) is 0 Å². The molecular formula is C28H39Cl2N3O4S. The molecule has 0 fully saturated rings. The Morgan fingerprint density at radius 2 is 1.53 bits per heavy atom. The van der Waals surface area contributed by atoms with Crippen LogP contribution in [-0.4, -0.2) is 50.0 Å². The molecule has 7 nitrogen and oxygen atoms in total. The highest BCUT2D eigenvalue weighted by molar-refractivity contribution is 7.92. The predicted octanol–water partition coefficient (Wildman–Crippen LogP) is 5.78. The molecule has 0 aliphatic carbocycles. The van der Waals surface area contributed by atoms with Crippen LogP contribution in [0.2, 0.25) is 10.0 Å². The number of sulfonamides is 1. The van der Waals surface area contributed by atoms with E-state index >= 15 is 0 Å². The summed E-state index contributed by atoms with van der Waals surface area (Å²) in [7, 11) is -3.83. The topological polar surface area (TPSA) is 86.8 Å². The third-order valence-electron chi connectivity index (χ3n) is 6.48. The Bertz CT molecular complexity index is 1210. The van der Waals surface area contributed by atoms with Gasteiger partial charge in [0.2, 0.25) is 21.8 Å². The van der Waals surface area contributed by atoms with E-state index in [0.717, 1.165) is 22.5 Å². The van der Waals surface area contributed by atoms with Crippen molar-refractivity contribution in [2.24, 2.45) is 0 Å². The molecule has 2 amide bonds. The highest BCUT2D eigenvalue weighted by Gasteiger charge is 2.33. The second-order valence-corrected chi connectivity index (χ2v) is 13.3. The number of carbonyl (C=O) groups is 2. The first-order valence-electron chi connectivity index (χ1n) is 12.7. The second kappa shape index (κ2) is 13.2. The Hall–Kier alpha value is -2.29. The van der Waals surface area contributed by atoms with Crippen LogP contribution in [0.5, 0.6) is 0 Å². The minimum atomic E-state index is -3.83. The summed E-state index contributed by atoms with van der Waals surface area (Å²) in [6.45, 7) is 11.3. The van der Waals surface area contributed by atoms with Crippen LogP contribution in [-0.2, 0) is 31.6 Å². The van der Waals surface area contributed by atoms with Crippen molar-refractivity contribution in [2.45, 2.75) is 78.4 Å². The van der Waals surface area contributed by atoms with Crippen LogP contribution in [0.15, 0.2) is 42.5 Å². The maximum absolute atomic E-state index is 13.8. The third-order valence-corrected chi connectivity index (χ3v) is 8.33. The highest BCUT2D eigenvalue weighted by Crippen LogP contribution is 2.29. The molecule has 10 heteroatoms. The molecular weight excluding hydrogens is 545 g/mol. The number of nitrogens with zero attached hydrogens (tertiary/aromatic N) is 2. The molecule has 0 aromatic heterocycles. The van der Waals surface area contributed by atoms with Gasteiger partial charge in [-0.1, -0.05) is 76.0 Å². The van der Waals surface area contributed by atoms with Gasteiger partial charge < -0.3 is 10.2 Å². The van der Waals surface area contributed by atoms with Crippen LogP contribution in [0.3, 0.4) is 0 Å². The van der Waals surface area contributed by atoms with Crippen LogP contribution in [0.25, 0.3) is 0 Å². The van der Waals surface area contributed by atoms with Crippen molar-refractivity contribution in [1.29, 1.82) is 0 Å². The summed E-state index contributed by atoms with van der Waals surface area (Å²) < 4.78 is 26.7. The SMILES string of the molecule is CC[C@@H](C)NC(=O)[C@@H](CC)N(Cc1c(Cl)cccc1Cl)C(=O)CN(c1ccc(C(C)(C)C)cc1)S(C)(=O)=O. The molecule has 0 bridgehead atoms. The first-order chi connectivity index (χ1) is 17.6. The Morgan fingerprint density at radius 3 is 1.97 bits per heavy atom. The lowest BCUT2D eigenvalue weighted by atomic mass is 9.87. The molecule has 2 rings (SSSR count). The van der Waals surface area contributed by atoms with Crippen LogP contribution in [0, 0.1) is 0 Å². The lowest BCUT2D eigenvalue weighted by molar-refractivity contribution is -0.140. The van der Waals surface area contributed by atoms with E-state index < -0.39 is 28.5 Å². The highest BCUT2D eigenvalue weighted by atomic mass is 35.5. The molecule has 1 N–H and O–H groups in total. The number of anilines is 1. The zero-order chi connectivity index (χ0) is 28.8. The smallest absolute Gasteiger partial charge is 0.244 e. The zero-order valence-electron chi connectivity index (χ0n) is 23.2. The van der Waals surface area contributed by atoms with Crippen molar-refractivity contribution in [3.63, 3.8) is 0 Å². The van der Waals surface area contributed by atoms with E-state index in [4.69, 9.17) is 23.2 Å². The summed E-state index contributed by atoms with van der Waals surface area (Å²) in [6, 6.07) is 11.2. The third kappa shape index (κ3) is 8.35. The number of halogens is 2. The van der Waals surface area contributed by atoms with Gasteiger partial charge in [0, 0.05) is 28.2 Å². The molecule has 0 unspecified atom stereocenters. The summed E-state index contributed by atoms with van der Waals surface area (Å²) in [6.07, 6.45) is 2.09. The molecule has 0 saturated carbocycles. The van der Waals surface area contributed by atoms with Crippen molar-refractivity contribution in [2.75, 3.05) is 17.1 Å². The van der Waals surface area contributed by atoms with Crippen molar-refractivity contribution < 1.29 is 18.0 Å². The maximum Gasteiger partial charge on any atom is 0.244 e. The van der Waals surface area contributed by atoms with Gasteiger partial charge in [0.25, 0.3) is 0 Å². The zero-order valence-corrected chi connectivity index (χ0v) is 25.5. The van der Waals surface area contributed by atoms with Crippen molar-refractivity contribution in [3.05, 3.63) is 63.6 Å². The van der Waals surface area contributed by atoms with E-state index in [9.17, 15) is 18.0 Å². The lowest BCUT2D eigenvalue weighted by Gasteiger charge is -2.34. The number of rotatable bonds is 11. The van der Waals surface area contributed by atoms with Gasteiger partial charge in [-0.05, 0) is 55.0 Å². The first-order valence-corrected chi connectivity index (χ1v) is 15.3. The largest absolute Gasteiger partial charge is 0.352 e. The summed E-state index contributed by atoms with van der Waals surface area (Å²) in [4.78, 5) is 28.4. The number of nitrogens with one attached hydrogen (secondary N) is 1. The maximum atomic E-state index is 13.8. The standard InChI is InChI=1S/C28H39Cl2N3O4S/c1-8-19(3)31-27(35)25(9-2)32(17-22-23(29)11-10-12-24(22)30)26(34)18-33(38(7,36)37)21-15-13-20(14-16-21)28(4,5)6/h10-16,19,25H,8-9,17-18H2,1-7H3,(H,31,35)/t19-,25-/m1/s1. The normalized spacial score (nSPS) is 13.5. The van der Waals surface area contributed by atoms with E-state index in [1.165, 1.54) is 4.90 Å². The molecule has 0 spiro atoms. The summed E-state index contributed by atoms with van der Waals surface area (Å²) in [5.41, 5.74) is 1.76. The van der Waals surface area contributed by atoms with Crippen molar-refractivity contribution >= 4 is 50.7 Å². The van der Waals surface area contributed by atoms with Gasteiger partial charge in [0.05, 0.1) is 11.9 Å². The van der Waals surface area contributed by atoms with Crippen LogP contribution < -0.4 is 9.62 Å². The van der Waals surface area contributed by atoms with Crippen LogP contribution in [0.4, 0.5) is 5.69 Å². The average molecular weight is 585 g/mol. The Labute approximate surface area is 237 Å². The van der Waals surface area contributed by atoms with Gasteiger partial charge in [0.1, 0.15) is 12.6 Å². The fraction of sp³-hybridized carbons (Fsp3) is 0.500. The Kier molecular flexibility index (Phi) is 11.1. The van der Waals surface area contributed by atoms with Gasteiger partial charge in [-0.2, -0.15) is 0 Å². The molecule has 210 valence electrons. The van der Waals surface area contributed by atoms with E-state index in [0.29, 0.717) is 27.7 Å². The molecule has 0 aliphatic rings. The Balaban J connectivity index is 2.51. The molecule has 2 aromatic rings. The Morgan fingerprint density at radius 1 is 0.974 bits per heavy atom. The van der Waals surface area contributed by atoms with E-state index in [2.05, 4.69) is 26.1 Å². The van der Waals surface area contributed by atoms with E-state index in [1.807, 2.05) is 26.0 Å². The van der Waals surface area contributed by atoms with Crippen LogP contribution >= 0.6 is 23.2 Å². The van der Waals surface area contributed by atoms with Gasteiger partial charge >= 0.3 is 0 Å². The average Bonchev–Trinajstić information content (AvgIpc) is 2.82. The minimum Gasteiger partial charge on any atom is -0.352 e. The second-order valence-electron chi connectivity index (χ2n) is 10.5. The minimum absolute atomic E-state index is 0.0513. The fourth-order valence-electron chi connectivity index (χ4n) is 3.96. The van der Waals surface area contributed by atoms with Gasteiger partial charge in [-0.25, -0.2) is 8.42 Å². The lowest BCUT2D eigenvalue weighted by Crippen LogP contribution is -2.53. The first kappa shape index (κ1) is 31.9. The molecule has 0 heterocycles. The number of hydrogen-bond donors (Lipinski definition) is 1. The van der Waals surface area contributed by atoms with Crippen LogP contribution in [0.1, 0.15) is 65.5 Å². The monoisotopic (exact) mass is 583 g/mol. The number of amides is 2. The van der Waals surface area contributed by atoms with E-state index in [1.54, 1.807) is 37.3 Å². The molecule has 0 radical (unpaired) electrons. The van der Waals surface area contributed by atoms with Gasteiger partial charge in [0.15, 0.2) is 0 Å². The van der Waals surface area contributed by atoms with E-state index in [-0.39, 0.29) is 23.9 Å². The fourth-order valence-corrected chi connectivity index (χ4v) is 5.32. The predicted molar refractivity (Wildman–Crippen MR) is 156 cm³/mol. The quantitative estimate of drug-likeness (QED) is 0.363. The van der Waals surface area contributed by atoms with Crippen molar-refractivity contribution in [1.82, 2.24) is 10.2 Å². The number of benzene rings is 2. The molecule has 2 aromatic carbocycles. The summed E-state index contributed by atoms with van der Waals surface area (Å²) in [5.74, 6) is -0.865. The molecule has 38 heavy (non-hydrogen) atoms. The van der Waals surface area contributed by atoms with Gasteiger partial charge in [-0.3, -0.25) is 13.9 Å². The number of hydrogen-bond acceptors (Lipinski definition) is 4. The summed E-state index contributed by atoms with van der Waals surface area (Å²) in [5, 5.41) is 3.64. The number of carbonyl (C=O) groups excluding carboxylic acids is 2. The summed E-state index contributed by atoms with van der Waals surface area (Å²) >= 11 is 12.8. The molecule has 2 atom stereocenters.